The molecule has 0 aliphatic carbocycles. The maximum Gasteiger partial charge on any atom is 0.432 e. The zero-order valence-electron chi connectivity index (χ0n) is 20.2. The summed E-state index contributed by atoms with van der Waals surface area (Å²) in [6.45, 7) is 3.69. The van der Waals surface area contributed by atoms with Crippen LogP contribution in [0.15, 0.2) is 36.4 Å². The summed E-state index contributed by atoms with van der Waals surface area (Å²) in [7, 11) is 0. The third kappa shape index (κ3) is 5.49. The van der Waals surface area contributed by atoms with Crippen LogP contribution in [0.25, 0.3) is 11.1 Å². The second-order valence-electron chi connectivity index (χ2n) is 8.94. The SMILES string of the molecule is CCCC1COC(c2ccc(-c3cc(F)c(C(F)(F)Oc4cc(F)c(F)c(F)c4C)c(F)c3)c(F)c2)OC1. The molecule has 3 nitrogen and oxygen atoms in total. The first kappa shape index (κ1) is 27.8. The third-order valence-electron chi connectivity index (χ3n) is 6.17. The molecular formula is C27H22F8O3. The van der Waals surface area contributed by atoms with Gasteiger partial charge in [-0.3, -0.25) is 0 Å². The Hall–Kier alpha value is -3.18. The monoisotopic (exact) mass is 546 g/mol. The van der Waals surface area contributed by atoms with E-state index in [1.54, 1.807) is 0 Å². The van der Waals surface area contributed by atoms with Crippen molar-refractivity contribution in [1.82, 2.24) is 0 Å². The zero-order valence-corrected chi connectivity index (χ0v) is 20.2. The number of hydrogen-bond donors (Lipinski definition) is 0. The molecule has 0 bridgehead atoms. The van der Waals surface area contributed by atoms with E-state index in [2.05, 4.69) is 4.74 Å². The summed E-state index contributed by atoms with van der Waals surface area (Å²) < 4.78 is 130. The molecule has 0 unspecified atom stereocenters. The van der Waals surface area contributed by atoms with Crippen molar-refractivity contribution in [3.05, 3.63) is 88.0 Å². The number of ether oxygens (including phenoxy) is 3. The minimum absolute atomic E-state index is 0.131. The van der Waals surface area contributed by atoms with Crippen molar-refractivity contribution in [1.29, 1.82) is 0 Å². The minimum Gasteiger partial charge on any atom is -0.428 e. The van der Waals surface area contributed by atoms with Crippen LogP contribution in [-0.2, 0) is 15.6 Å². The van der Waals surface area contributed by atoms with Crippen molar-refractivity contribution in [2.75, 3.05) is 13.2 Å². The molecule has 4 rings (SSSR count). The zero-order chi connectivity index (χ0) is 27.8. The van der Waals surface area contributed by atoms with E-state index in [9.17, 15) is 35.1 Å². The summed E-state index contributed by atoms with van der Waals surface area (Å²) in [5, 5.41) is 0. The highest BCUT2D eigenvalue weighted by Gasteiger charge is 2.42. The highest BCUT2D eigenvalue weighted by molar-refractivity contribution is 5.65. The van der Waals surface area contributed by atoms with E-state index in [1.807, 2.05) is 6.92 Å². The summed E-state index contributed by atoms with van der Waals surface area (Å²) in [5.74, 6) is -11.0. The summed E-state index contributed by atoms with van der Waals surface area (Å²) in [4.78, 5) is 0. The summed E-state index contributed by atoms with van der Waals surface area (Å²) >= 11 is 0. The molecule has 0 radical (unpaired) electrons. The van der Waals surface area contributed by atoms with E-state index < -0.39 is 69.7 Å². The molecule has 1 heterocycles. The fraction of sp³-hybridized carbons (Fsp3) is 0.333. The predicted molar refractivity (Wildman–Crippen MR) is 120 cm³/mol. The Morgan fingerprint density at radius 1 is 0.842 bits per heavy atom. The normalized spacial score (nSPS) is 18.1. The van der Waals surface area contributed by atoms with E-state index in [0.717, 1.165) is 25.8 Å². The number of halogens is 8. The fourth-order valence-electron chi connectivity index (χ4n) is 4.19. The van der Waals surface area contributed by atoms with Gasteiger partial charge in [-0.2, -0.15) is 8.78 Å². The Morgan fingerprint density at radius 3 is 2.05 bits per heavy atom. The lowest BCUT2D eigenvalue weighted by Crippen LogP contribution is -2.27. The molecule has 0 N–H and O–H groups in total. The molecule has 0 amide bonds. The van der Waals surface area contributed by atoms with E-state index in [1.165, 1.54) is 12.1 Å². The number of alkyl halides is 2. The maximum absolute atomic E-state index is 14.9. The van der Waals surface area contributed by atoms with Gasteiger partial charge in [0.05, 0.1) is 13.2 Å². The lowest BCUT2D eigenvalue weighted by Gasteiger charge is -2.29. The maximum atomic E-state index is 14.9. The van der Waals surface area contributed by atoms with E-state index >= 15 is 0 Å². The topological polar surface area (TPSA) is 27.7 Å². The first-order chi connectivity index (χ1) is 17.9. The lowest BCUT2D eigenvalue weighted by molar-refractivity contribution is -0.206. The van der Waals surface area contributed by atoms with Gasteiger partial charge in [0.2, 0.25) is 0 Å². The first-order valence-corrected chi connectivity index (χ1v) is 11.7. The molecule has 38 heavy (non-hydrogen) atoms. The molecule has 0 aromatic heterocycles. The molecule has 3 aromatic carbocycles. The van der Waals surface area contributed by atoms with Gasteiger partial charge in [0.25, 0.3) is 0 Å². The van der Waals surface area contributed by atoms with Gasteiger partial charge >= 0.3 is 6.11 Å². The average Bonchev–Trinajstić information content (AvgIpc) is 2.86. The molecule has 3 aromatic rings. The number of rotatable bonds is 7. The van der Waals surface area contributed by atoms with Crippen LogP contribution in [0.4, 0.5) is 35.1 Å². The average molecular weight is 546 g/mol. The van der Waals surface area contributed by atoms with E-state index in [0.29, 0.717) is 30.9 Å². The van der Waals surface area contributed by atoms with Crippen LogP contribution in [0.1, 0.15) is 42.7 Å². The van der Waals surface area contributed by atoms with Gasteiger partial charge in [-0.05, 0) is 37.1 Å². The van der Waals surface area contributed by atoms with Crippen molar-refractivity contribution in [3.63, 3.8) is 0 Å². The van der Waals surface area contributed by atoms with Crippen molar-refractivity contribution < 1.29 is 49.3 Å². The van der Waals surface area contributed by atoms with Gasteiger partial charge in [-0.1, -0.05) is 25.5 Å². The largest absolute Gasteiger partial charge is 0.432 e. The van der Waals surface area contributed by atoms with Gasteiger partial charge in [0.15, 0.2) is 23.7 Å². The highest BCUT2D eigenvalue weighted by atomic mass is 19.3. The molecule has 1 saturated heterocycles. The van der Waals surface area contributed by atoms with Crippen molar-refractivity contribution in [2.45, 2.75) is 39.1 Å². The number of hydrogen-bond acceptors (Lipinski definition) is 3. The smallest absolute Gasteiger partial charge is 0.428 e. The van der Waals surface area contributed by atoms with Crippen molar-refractivity contribution in [3.8, 4) is 16.9 Å². The molecule has 1 aliphatic rings. The van der Waals surface area contributed by atoms with Gasteiger partial charge in [-0.25, -0.2) is 26.3 Å². The van der Waals surface area contributed by atoms with Crippen LogP contribution in [0.3, 0.4) is 0 Å². The summed E-state index contributed by atoms with van der Waals surface area (Å²) in [5.41, 5.74) is -3.08. The molecule has 0 atom stereocenters. The Labute approximate surface area is 212 Å². The molecular weight excluding hydrogens is 524 g/mol. The predicted octanol–water partition coefficient (Wildman–Crippen LogP) is 8.09. The quantitative estimate of drug-likeness (QED) is 0.222. The Bertz CT molecular complexity index is 1310. The van der Waals surface area contributed by atoms with Gasteiger partial charge in [0, 0.05) is 28.7 Å². The fourth-order valence-corrected chi connectivity index (χ4v) is 4.19. The summed E-state index contributed by atoms with van der Waals surface area (Å²) in [6.07, 6.45) is -3.72. The molecule has 0 spiro atoms. The van der Waals surface area contributed by atoms with E-state index in [-0.39, 0.29) is 17.5 Å². The summed E-state index contributed by atoms with van der Waals surface area (Å²) in [6, 6.07) is 4.75. The van der Waals surface area contributed by atoms with Gasteiger partial charge in [0.1, 0.15) is 28.8 Å². The molecule has 11 heteroatoms. The van der Waals surface area contributed by atoms with E-state index in [4.69, 9.17) is 9.47 Å². The minimum atomic E-state index is -4.76. The molecule has 0 saturated carbocycles. The van der Waals surface area contributed by atoms with Crippen LogP contribution in [0.5, 0.6) is 5.75 Å². The molecule has 204 valence electrons. The van der Waals surface area contributed by atoms with Gasteiger partial charge in [-0.15, -0.1) is 0 Å². The third-order valence-corrected chi connectivity index (χ3v) is 6.17. The number of benzene rings is 3. The molecule has 1 fully saturated rings. The second kappa shape index (κ2) is 10.9. The van der Waals surface area contributed by atoms with Crippen molar-refractivity contribution >= 4 is 0 Å². The van der Waals surface area contributed by atoms with Crippen LogP contribution in [0.2, 0.25) is 0 Å². The Kier molecular flexibility index (Phi) is 7.98. The van der Waals surface area contributed by atoms with Crippen LogP contribution >= 0.6 is 0 Å². The Balaban J connectivity index is 1.59. The second-order valence-corrected chi connectivity index (χ2v) is 8.94. The van der Waals surface area contributed by atoms with Gasteiger partial charge < -0.3 is 14.2 Å². The van der Waals surface area contributed by atoms with Crippen LogP contribution < -0.4 is 4.74 Å². The Morgan fingerprint density at radius 2 is 1.47 bits per heavy atom. The lowest BCUT2D eigenvalue weighted by atomic mass is 10.00. The highest BCUT2D eigenvalue weighted by Crippen LogP contribution is 2.39. The first-order valence-electron chi connectivity index (χ1n) is 11.7. The van der Waals surface area contributed by atoms with Crippen molar-refractivity contribution in [2.24, 2.45) is 5.92 Å². The van der Waals surface area contributed by atoms with Crippen LogP contribution in [-0.4, -0.2) is 13.2 Å². The standard InChI is InChI=1S/C27H22F8O3/c1-3-4-14-11-36-26(37-12-14)15-5-6-17(18(28)7-15)16-8-19(29)23(20(30)9-16)27(34,35)38-22-10-21(31)25(33)24(32)13(22)2/h5-10,14,26H,3-4,11-12H2,1-2H3. The van der Waals surface area contributed by atoms with Crippen LogP contribution in [0, 0.1) is 47.7 Å². The molecule has 1 aliphatic heterocycles.